The van der Waals surface area contributed by atoms with Crippen molar-refractivity contribution in [3.05, 3.63) is 34.6 Å². The highest BCUT2D eigenvalue weighted by Gasteiger charge is 2.28. The van der Waals surface area contributed by atoms with Crippen LogP contribution in [0, 0.1) is 5.82 Å². The molecule has 1 saturated heterocycles. The molecule has 4 heteroatoms. The highest BCUT2D eigenvalue weighted by molar-refractivity contribution is 6.31. The standard InChI is InChI=1S/C13H17ClFNO/c1-13(17)5-2-6-16(9-13)8-10-7-11(15)3-4-12(10)14/h3-4,7,17H,2,5-6,8-9H2,1H3. The molecule has 1 heterocycles. The van der Waals surface area contributed by atoms with E-state index in [9.17, 15) is 9.50 Å². The Kier molecular flexibility index (Phi) is 3.71. The van der Waals surface area contributed by atoms with E-state index in [1.165, 1.54) is 12.1 Å². The summed E-state index contributed by atoms with van der Waals surface area (Å²) in [5.74, 6) is -0.270. The van der Waals surface area contributed by atoms with Crippen molar-refractivity contribution in [3.63, 3.8) is 0 Å². The average Bonchev–Trinajstić information content (AvgIpc) is 2.22. The van der Waals surface area contributed by atoms with E-state index in [4.69, 9.17) is 11.6 Å². The number of rotatable bonds is 2. The van der Waals surface area contributed by atoms with Crippen LogP contribution in [0.4, 0.5) is 4.39 Å². The van der Waals surface area contributed by atoms with Crippen molar-refractivity contribution in [2.45, 2.75) is 31.9 Å². The van der Waals surface area contributed by atoms with Gasteiger partial charge in [-0.25, -0.2) is 4.39 Å². The van der Waals surface area contributed by atoms with Gasteiger partial charge in [-0.3, -0.25) is 4.90 Å². The van der Waals surface area contributed by atoms with Crippen LogP contribution in [0.15, 0.2) is 18.2 Å². The summed E-state index contributed by atoms with van der Waals surface area (Å²) in [7, 11) is 0. The summed E-state index contributed by atoms with van der Waals surface area (Å²) in [4.78, 5) is 2.12. The first-order chi connectivity index (χ1) is 7.96. The van der Waals surface area contributed by atoms with Gasteiger partial charge in [0.2, 0.25) is 0 Å². The molecular weight excluding hydrogens is 241 g/mol. The minimum absolute atomic E-state index is 0.270. The lowest BCUT2D eigenvalue weighted by molar-refractivity contribution is -0.0181. The van der Waals surface area contributed by atoms with Crippen LogP contribution in [-0.2, 0) is 6.54 Å². The van der Waals surface area contributed by atoms with Gasteiger partial charge in [-0.15, -0.1) is 0 Å². The summed E-state index contributed by atoms with van der Waals surface area (Å²) in [6, 6.07) is 4.40. The van der Waals surface area contributed by atoms with Crippen LogP contribution in [0.25, 0.3) is 0 Å². The maximum atomic E-state index is 13.1. The van der Waals surface area contributed by atoms with Crippen LogP contribution in [0.2, 0.25) is 5.02 Å². The molecule has 0 aliphatic carbocycles. The van der Waals surface area contributed by atoms with Crippen molar-refractivity contribution in [1.82, 2.24) is 4.90 Å². The largest absolute Gasteiger partial charge is 0.389 e. The SMILES string of the molecule is CC1(O)CCCN(Cc2cc(F)ccc2Cl)C1. The van der Waals surface area contributed by atoms with Gasteiger partial charge in [-0.1, -0.05) is 11.6 Å². The van der Waals surface area contributed by atoms with Gasteiger partial charge in [0, 0.05) is 18.1 Å². The zero-order chi connectivity index (χ0) is 12.5. The minimum atomic E-state index is -0.641. The predicted octanol–water partition coefficient (Wildman–Crippen LogP) is 2.83. The Morgan fingerprint density at radius 3 is 3.00 bits per heavy atom. The van der Waals surface area contributed by atoms with Crippen LogP contribution in [0.5, 0.6) is 0 Å². The summed E-state index contributed by atoms with van der Waals surface area (Å²) in [6.45, 7) is 3.96. The Bertz CT molecular complexity index is 408. The molecule has 1 N–H and O–H groups in total. The summed E-state index contributed by atoms with van der Waals surface area (Å²) in [5.41, 5.74) is 0.141. The van der Waals surface area contributed by atoms with Gasteiger partial charge < -0.3 is 5.11 Å². The van der Waals surface area contributed by atoms with Crippen LogP contribution < -0.4 is 0 Å². The number of aliphatic hydroxyl groups is 1. The van der Waals surface area contributed by atoms with Gasteiger partial charge in [0.05, 0.1) is 5.60 Å². The second-order valence-corrected chi connectivity index (χ2v) is 5.45. The quantitative estimate of drug-likeness (QED) is 0.881. The van der Waals surface area contributed by atoms with Crippen molar-refractivity contribution >= 4 is 11.6 Å². The lowest BCUT2D eigenvalue weighted by Crippen LogP contribution is -2.45. The van der Waals surface area contributed by atoms with E-state index in [1.54, 1.807) is 6.07 Å². The van der Waals surface area contributed by atoms with Gasteiger partial charge >= 0.3 is 0 Å². The number of piperidine rings is 1. The second kappa shape index (κ2) is 4.92. The highest BCUT2D eigenvalue weighted by atomic mass is 35.5. The molecule has 0 amide bonds. The van der Waals surface area contributed by atoms with Gasteiger partial charge in [0.25, 0.3) is 0 Å². The molecule has 1 aromatic rings. The number of halogens is 2. The third-order valence-electron chi connectivity index (χ3n) is 3.16. The van der Waals surface area contributed by atoms with Gasteiger partial charge in [0.1, 0.15) is 5.82 Å². The summed E-state index contributed by atoms with van der Waals surface area (Å²) in [6.07, 6.45) is 1.78. The van der Waals surface area contributed by atoms with E-state index in [-0.39, 0.29) is 5.82 Å². The predicted molar refractivity (Wildman–Crippen MR) is 66.5 cm³/mol. The van der Waals surface area contributed by atoms with E-state index in [2.05, 4.69) is 4.90 Å². The van der Waals surface area contributed by atoms with Gasteiger partial charge in [0.15, 0.2) is 0 Å². The maximum Gasteiger partial charge on any atom is 0.123 e. The fourth-order valence-electron chi connectivity index (χ4n) is 2.36. The van der Waals surface area contributed by atoms with Crippen LogP contribution in [0.1, 0.15) is 25.3 Å². The Balaban J connectivity index is 2.07. The maximum absolute atomic E-state index is 13.1. The van der Waals surface area contributed by atoms with E-state index >= 15 is 0 Å². The van der Waals surface area contributed by atoms with Crippen LogP contribution >= 0.6 is 11.6 Å². The number of hydrogen-bond acceptors (Lipinski definition) is 2. The molecule has 2 nitrogen and oxygen atoms in total. The third-order valence-corrected chi connectivity index (χ3v) is 3.52. The molecule has 0 radical (unpaired) electrons. The highest BCUT2D eigenvalue weighted by Crippen LogP contribution is 2.24. The molecule has 1 unspecified atom stereocenters. The molecule has 1 aliphatic rings. The lowest BCUT2D eigenvalue weighted by Gasteiger charge is -2.36. The zero-order valence-corrected chi connectivity index (χ0v) is 10.7. The molecule has 0 spiro atoms. The van der Waals surface area contributed by atoms with Crippen molar-refractivity contribution in [3.8, 4) is 0 Å². The van der Waals surface area contributed by atoms with E-state index in [0.29, 0.717) is 18.1 Å². The Labute approximate surface area is 106 Å². The van der Waals surface area contributed by atoms with Crippen molar-refractivity contribution in [2.75, 3.05) is 13.1 Å². The molecule has 2 rings (SSSR count). The number of benzene rings is 1. The molecule has 0 aromatic heterocycles. The first-order valence-corrected chi connectivity index (χ1v) is 6.23. The molecular formula is C13H17ClFNO. The Hall–Kier alpha value is -0.640. The van der Waals surface area contributed by atoms with Crippen LogP contribution in [0.3, 0.4) is 0 Å². The Morgan fingerprint density at radius 1 is 1.53 bits per heavy atom. The molecule has 17 heavy (non-hydrogen) atoms. The summed E-state index contributed by atoms with van der Waals surface area (Å²) in [5, 5.41) is 10.6. The smallest absolute Gasteiger partial charge is 0.123 e. The summed E-state index contributed by atoms with van der Waals surface area (Å²) >= 11 is 6.03. The average molecular weight is 258 g/mol. The lowest BCUT2D eigenvalue weighted by atomic mass is 9.95. The first-order valence-electron chi connectivity index (χ1n) is 5.85. The molecule has 1 aliphatic heterocycles. The van der Waals surface area contributed by atoms with E-state index in [1.807, 2.05) is 6.92 Å². The molecule has 1 aromatic carbocycles. The number of β-amino-alcohol motifs (C(OH)–C–C–N with tert-alkyl or cyclic N) is 1. The minimum Gasteiger partial charge on any atom is -0.389 e. The molecule has 1 fully saturated rings. The fourth-order valence-corrected chi connectivity index (χ4v) is 2.54. The second-order valence-electron chi connectivity index (χ2n) is 5.05. The number of nitrogens with zero attached hydrogens (tertiary/aromatic N) is 1. The molecule has 0 bridgehead atoms. The molecule has 0 saturated carbocycles. The van der Waals surface area contributed by atoms with Crippen molar-refractivity contribution in [1.29, 1.82) is 0 Å². The topological polar surface area (TPSA) is 23.5 Å². The van der Waals surface area contributed by atoms with Crippen LogP contribution in [-0.4, -0.2) is 28.7 Å². The van der Waals surface area contributed by atoms with Gasteiger partial charge in [-0.05, 0) is 50.1 Å². The molecule has 1 atom stereocenters. The molecule has 94 valence electrons. The summed E-state index contributed by atoms with van der Waals surface area (Å²) < 4.78 is 13.1. The normalized spacial score (nSPS) is 26.1. The monoisotopic (exact) mass is 257 g/mol. The van der Waals surface area contributed by atoms with Crippen molar-refractivity contribution < 1.29 is 9.50 Å². The Morgan fingerprint density at radius 2 is 2.29 bits per heavy atom. The van der Waals surface area contributed by atoms with Crippen molar-refractivity contribution in [2.24, 2.45) is 0 Å². The number of likely N-dealkylation sites (tertiary alicyclic amines) is 1. The van der Waals surface area contributed by atoms with E-state index in [0.717, 1.165) is 24.9 Å². The zero-order valence-electron chi connectivity index (χ0n) is 9.92. The third kappa shape index (κ3) is 3.41. The fraction of sp³-hybridized carbons (Fsp3) is 0.538. The first kappa shape index (κ1) is 12.8. The number of hydrogen-bond donors (Lipinski definition) is 1. The van der Waals surface area contributed by atoms with Gasteiger partial charge in [-0.2, -0.15) is 0 Å². The van der Waals surface area contributed by atoms with E-state index < -0.39 is 5.60 Å².